The molecule has 0 radical (unpaired) electrons. The zero-order valence-electron chi connectivity index (χ0n) is 18.4. The van der Waals surface area contributed by atoms with Crippen LogP contribution in [0, 0.1) is 0 Å². The first-order valence-corrected chi connectivity index (χ1v) is 10.8. The fourth-order valence-corrected chi connectivity index (χ4v) is 3.86. The maximum absolute atomic E-state index is 12.6. The average Bonchev–Trinajstić information content (AvgIpc) is 2.98. The van der Waals surface area contributed by atoms with Gasteiger partial charge in [-0.2, -0.15) is 0 Å². The summed E-state index contributed by atoms with van der Waals surface area (Å²) in [6.45, 7) is 7.54. The second-order valence-electron chi connectivity index (χ2n) is 8.22. The van der Waals surface area contributed by atoms with Crippen molar-refractivity contribution < 1.29 is 19.2 Å². The van der Waals surface area contributed by atoms with E-state index in [-0.39, 0.29) is 30.8 Å². The van der Waals surface area contributed by atoms with Crippen LogP contribution in [-0.2, 0) is 20.8 Å². The van der Waals surface area contributed by atoms with Crippen LogP contribution in [0.25, 0.3) is 0 Å². The van der Waals surface area contributed by atoms with Crippen LogP contribution in [-0.4, -0.2) is 83.3 Å². The summed E-state index contributed by atoms with van der Waals surface area (Å²) in [5, 5.41) is 5.62. The molecule has 2 fully saturated rings. The Hall–Kier alpha value is -2.94. The van der Waals surface area contributed by atoms with Gasteiger partial charge in [0, 0.05) is 31.9 Å². The number of carbonyl (C=O) groups is 4. The summed E-state index contributed by atoms with van der Waals surface area (Å²) >= 11 is 0. The third-order valence-corrected chi connectivity index (χ3v) is 6.11. The quantitative estimate of drug-likeness (QED) is 0.631. The maximum Gasteiger partial charge on any atom is 0.325 e. The predicted octanol–water partition coefficient (Wildman–Crippen LogP) is 1.05. The number of aryl methyl sites for hydroxylation is 1. The van der Waals surface area contributed by atoms with Crippen LogP contribution < -0.4 is 10.6 Å². The van der Waals surface area contributed by atoms with E-state index in [9.17, 15) is 19.2 Å². The number of hydrogen-bond acceptors (Lipinski definition) is 5. The summed E-state index contributed by atoms with van der Waals surface area (Å²) in [7, 11) is 0. The largest absolute Gasteiger partial charge is 0.339 e. The molecule has 2 aliphatic rings. The van der Waals surface area contributed by atoms with E-state index in [2.05, 4.69) is 10.6 Å². The molecule has 0 unspecified atom stereocenters. The number of hydrogen-bond donors (Lipinski definition) is 2. The lowest BCUT2D eigenvalue weighted by molar-refractivity contribution is -0.139. The molecule has 2 N–H and O–H groups in total. The van der Waals surface area contributed by atoms with Crippen LogP contribution >= 0.6 is 0 Å². The second kappa shape index (κ2) is 9.47. The summed E-state index contributed by atoms with van der Waals surface area (Å²) in [6.07, 6.45) is 1.30. The van der Waals surface area contributed by atoms with Crippen molar-refractivity contribution in [3.05, 3.63) is 29.8 Å². The van der Waals surface area contributed by atoms with E-state index in [4.69, 9.17) is 0 Å². The Morgan fingerprint density at radius 3 is 2.35 bits per heavy atom. The first-order chi connectivity index (χ1) is 14.8. The smallest absolute Gasteiger partial charge is 0.325 e. The molecule has 9 nitrogen and oxygen atoms in total. The summed E-state index contributed by atoms with van der Waals surface area (Å²) in [5.41, 5.74) is 0.974. The van der Waals surface area contributed by atoms with Gasteiger partial charge in [0.1, 0.15) is 12.1 Å². The number of amides is 5. The number of piperazine rings is 1. The van der Waals surface area contributed by atoms with Gasteiger partial charge >= 0.3 is 6.03 Å². The minimum atomic E-state index is -0.945. The van der Waals surface area contributed by atoms with Crippen molar-refractivity contribution >= 4 is 29.4 Å². The van der Waals surface area contributed by atoms with Crippen molar-refractivity contribution in [3.63, 3.8) is 0 Å². The van der Waals surface area contributed by atoms with Gasteiger partial charge in [0.15, 0.2) is 0 Å². The Labute approximate surface area is 182 Å². The zero-order chi connectivity index (χ0) is 22.6. The summed E-state index contributed by atoms with van der Waals surface area (Å²) in [4.78, 5) is 54.3. The number of urea groups is 1. The molecule has 31 heavy (non-hydrogen) atoms. The third kappa shape index (κ3) is 5.04. The molecule has 0 aromatic heterocycles. The minimum absolute atomic E-state index is 0.0844. The van der Waals surface area contributed by atoms with E-state index in [0.717, 1.165) is 22.6 Å². The van der Waals surface area contributed by atoms with Gasteiger partial charge in [-0.15, -0.1) is 0 Å². The first-order valence-electron chi connectivity index (χ1n) is 10.8. The predicted molar refractivity (Wildman–Crippen MR) is 116 cm³/mol. The highest BCUT2D eigenvalue weighted by molar-refractivity contribution is 6.08. The molecule has 0 aliphatic carbocycles. The van der Waals surface area contributed by atoms with Crippen LogP contribution in [0.15, 0.2) is 24.3 Å². The Balaban J connectivity index is 1.47. The molecule has 2 saturated heterocycles. The monoisotopic (exact) mass is 429 g/mol. The molecule has 168 valence electrons. The topological polar surface area (TPSA) is 102 Å². The fraction of sp³-hybridized carbons (Fsp3) is 0.545. The minimum Gasteiger partial charge on any atom is -0.339 e. The molecule has 2 aliphatic heterocycles. The van der Waals surface area contributed by atoms with Crippen molar-refractivity contribution in [3.8, 4) is 0 Å². The number of nitrogens with one attached hydrogen (secondary N) is 2. The highest BCUT2D eigenvalue weighted by Gasteiger charge is 2.47. The molecule has 5 amide bonds. The van der Waals surface area contributed by atoms with Gasteiger partial charge in [-0.05, 0) is 31.4 Å². The van der Waals surface area contributed by atoms with Gasteiger partial charge in [-0.1, -0.05) is 32.0 Å². The number of rotatable bonds is 7. The van der Waals surface area contributed by atoms with Gasteiger partial charge < -0.3 is 15.5 Å². The highest BCUT2D eigenvalue weighted by Crippen LogP contribution is 2.21. The Morgan fingerprint density at radius 2 is 1.74 bits per heavy atom. The Bertz CT molecular complexity index is 865. The van der Waals surface area contributed by atoms with Gasteiger partial charge in [-0.3, -0.25) is 24.2 Å². The van der Waals surface area contributed by atoms with E-state index < -0.39 is 11.6 Å². The van der Waals surface area contributed by atoms with Crippen molar-refractivity contribution in [1.29, 1.82) is 0 Å². The average molecular weight is 430 g/mol. The number of carbonyl (C=O) groups excluding carboxylic acids is 4. The lowest BCUT2D eigenvalue weighted by Crippen LogP contribution is -2.53. The Kier molecular flexibility index (Phi) is 6.94. The number of benzene rings is 1. The number of para-hydroxylation sites is 1. The SMILES string of the molecule is CCc1ccccc1NC(=O)CN1CCN(C(=O)CN2C(=O)N[C@](C)(CC)C2=O)CC1. The van der Waals surface area contributed by atoms with Crippen LogP contribution in [0.1, 0.15) is 32.8 Å². The summed E-state index contributed by atoms with van der Waals surface area (Å²) < 4.78 is 0. The van der Waals surface area contributed by atoms with E-state index in [0.29, 0.717) is 32.6 Å². The number of imide groups is 1. The Morgan fingerprint density at radius 1 is 1.06 bits per heavy atom. The van der Waals surface area contributed by atoms with Crippen LogP contribution in [0.5, 0.6) is 0 Å². The van der Waals surface area contributed by atoms with E-state index >= 15 is 0 Å². The van der Waals surface area contributed by atoms with E-state index in [1.165, 1.54) is 0 Å². The van der Waals surface area contributed by atoms with Crippen molar-refractivity contribution in [2.75, 3.05) is 44.6 Å². The van der Waals surface area contributed by atoms with Gasteiger partial charge in [0.05, 0.1) is 6.54 Å². The van der Waals surface area contributed by atoms with Gasteiger partial charge in [-0.25, -0.2) is 4.79 Å². The third-order valence-electron chi connectivity index (χ3n) is 6.11. The zero-order valence-corrected chi connectivity index (χ0v) is 18.4. The standard InChI is InChI=1S/C22H31N5O4/c1-4-16-8-6-7-9-17(16)23-18(28)14-25-10-12-26(13-11-25)19(29)15-27-20(30)22(3,5-2)24-21(27)31/h6-9H,4-5,10-15H2,1-3H3,(H,23,28)(H,24,31)/t22-/m1/s1. The van der Waals surface area contributed by atoms with Crippen molar-refractivity contribution in [2.24, 2.45) is 0 Å². The lowest BCUT2D eigenvalue weighted by Gasteiger charge is -2.34. The second-order valence-corrected chi connectivity index (χ2v) is 8.22. The van der Waals surface area contributed by atoms with Crippen LogP contribution in [0.3, 0.4) is 0 Å². The molecule has 0 spiro atoms. The maximum atomic E-state index is 12.6. The molecule has 1 atom stereocenters. The molecule has 2 heterocycles. The van der Waals surface area contributed by atoms with Crippen LogP contribution in [0.4, 0.5) is 10.5 Å². The summed E-state index contributed by atoms with van der Waals surface area (Å²) in [6, 6.07) is 7.21. The molecule has 0 saturated carbocycles. The highest BCUT2D eigenvalue weighted by atomic mass is 16.2. The first kappa shape index (κ1) is 22.7. The summed E-state index contributed by atoms with van der Waals surface area (Å²) in [5.74, 6) is -0.709. The lowest BCUT2D eigenvalue weighted by atomic mass is 9.99. The number of nitrogens with zero attached hydrogens (tertiary/aromatic N) is 3. The molecule has 0 bridgehead atoms. The molecule has 1 aromatic rings. The normalized spacial score (nSPS) is 21.9. The molecule has 9 heteroatoms. The molecule has 3 rings (SSSR count). The molecule has 1 aromatic carbocycles. The van der Waals surface area contributed by atoms with E-state index in [1.807, 2.05) is 43.0 Å². The van der Waals surface area contributed by atoms with Crippen molar-refractivity contribution in [1.82, 2.24) is 20.0 Å². The van der Waals surface area contributed by atoms with Crippen molar-refractivity contribution in [2.45, 2.75) is 39.2 Å². The van der Waals surface area contributed by atoms with E-state index in [1.54, 1.807) is 11.8 Å². The van der Waals surface area contributed by atoms with Gasteiger partial charge in [0.2, 0.25) is 11.8 Å². The molecular formula is C22H31N5O4. The van der Waals surface area contributed by atoms with Crippen LogP contribution in [0.2, 0.25) is 0 Å². The fourth-order valence-electron chi connectivity index (χ4n) is 3.86. The molecular weight excluding hydrogens is 398 g/mol. The van der Waals surface area contributed by atoms with Gasteiger partial charge in [0.25, 0.3) is 5.91 Å². The number of anilines is 1.